The Balaban J connectivity index is 1.42. The summed E-state index contributed by atoms with van der Waals surface area (Å²) in [5.74, 6) is -1.09. The van der Waals surface area contributed by atoms with Crippen molar-refractivity contribution < 1.29 is 9.59 Å². The van der Waals surface area contributed by atoms with Crippen molar-refractivity contribution >= 4 is 41.1 Å². The molecule has 0 aliphatic carbocycles. The van der Waals surface area contributed by atoms with Crippen LogP contribution in [0, 0.1) is 17.5 Å². The number of nitrogens with two attached hydrogens (primary N) is 3. The van der Waals surface area contributed by atoms with Crippen LogP contribution in [0.15, 0.2) is 23.2 Å². The summed E-state index contributed by atoms with van der Waals surface area (Å²) in [6, 6.07) is 11.9. The lowest BCUT2D eigenvalue weighted by Gasteiger charge is -2.44. The van der Waals surface area contributed by atoms with Gasteiger partial charge < -0.3 is 37.2 Å². The second-order valence-corrected chi connectivity index (χ2v) is 10.5. The average Bonchev–Trinajstić information content (AvgIpc) is 2.94. The van der Waals surface area contributed by atoms with Gasteiger partial charge in [-0.1, -0.05) is 29.8 Å². The lowest BCUT2D eigenvalue weighted by atomic mass is 9.74. The number of nitrogens with zero attached hydrogens (tertiary/aromatic N) is 6. The fourth-order valence-electron chi connectivity index (χ4n) is 4.91. The molecule has 2 aromatic rings. The van der Waals surface area contributed by atoms with E-state index in [4.69, 9.17) is 28.8 Å². The van der Waals surface area contributed by atoms with E-state index in [-0.39, 0.29) is 39.9 Å². The Morgan fingerprint density at radius 2 is 1.77 bits per heavy atom. The number of rotatable bonds is 6. The number of nitrogens with one attached hydrogen (secondary N) is 1. The van der Waals surface area contributed by atoms with Gasteiger partial charge in [0.15, 0.2) is 28.4 Å². The summed E-state index contributed by atoms with van der Waals surface area (Å²) in [5.41, 5.74) is 18.2. The zero-order valence-corrected chi connectivity index (χ0v) is 22.9. The summed E-state index contributed by atoms with van der Waals surface area (Å²) in [4.78, 5) is 43.5. The molecule has 2 aliphatic rings. The van der Waals surface area contributed by atoms with E-state index in [0.29, 0.717) is 19.6 Å². The van der Waals surface area contributed by atoms with Crippen molar-refractivity contribution in [2.45, 2.75) is 25.7 Å². The molecule has 3 heterocycles. The number of guanidine groups is 1. The molecule has 2 saturated heterocycles. The number of aliphatic imine (C=N–C) groups is 1. The van der Waals surface area contributed by atoms with Crippen LogP contribution in [0.2, 0.25) is 5.15 Å². The number of likely N-dealkylation sites (N-methyl/N-ethyl adjacent to an activating group) is 1. The van der Waals surface area contributed by atoms with E-state index in [0.717, 1.165) is 57.4 Å². The van der Waals surface area contributed by atoms with Gasteiger partial charge in [0, 0.05) is 45.8 Å². The number of carbonyl (C=O) groups is 2. The third-order valence-electron chi connectivity index (χ3n) is 7.51. The van der Waals surface area contributed by atoms with Crippen LogP contribution in [-0.4, -0.2) is 95.4 Å². The van der Waals surface area contributed by atoms with Gasteiger partial charge in [-0.3, -0.25) is 4.79 Å². The fourth-order valence-corrected chi connectivity index (χ4v) is 5.04. The fraction of sp³-hybridized carbons (Fsp3) is 0.500. The Hall–Kier alpha value is -3.82. The number of urea groups is 1. The SMILES string of the molecule is CN1CCN(C(=O)N2CCC(CCc3cc#ccc3)(CN/C(N)=N/C(=O)c3nc(Cl)c(N)nc3N)CC2)CC1. The minimum atomic E-state index is -0.774. The Kier molecular flexibility index (Phi) is 8.93. The number of piperazine rings is 1. The second kappa shape index (κ2) is 12.4. The molecule has 0 atom stereocenters. The number of hydrogen-bond donors (Lipinski definition) is 4. The van der Waals surface area contributed by atoms with Gasteiger partial charge in [0.2, 0.25) is 0 Å². The van der Waals surface area contributed by atoms with Gasteiger partial charge in [-0.2, -0.15) is 4.99 Å². The Labute approximate surface area is 233 Å². The van der Waals surface area contributed by atoms with E-state index < -0.39 is 5.91 Å². The number of carbonyl (C=O) groups excluding carboxylic acids is 2. The van der Waals surface area contributed by atoms with E-state index in [1.807, 2.05) is 28.0 Å². The molecule has 3 amide bonds. The first kappa shape index (κ1) is 28.2. The average molecular weight is 555 g/mol. The topological polar surface area (TPSA) is 172 Å². The van der Waals surface area contributed by atoms with Crippen LogP contribution in [0.4, 0.5) is 16.4 Å². The minimum Gasteiger partial charge on any atom is -0.382 e. The molecule has 1 aromatic carbocycles. The van der Waals surface area contributed by atoms with E-state index in [1.54, 1.807) is 0 Å². The molecule has 0 radical (unpaired) electrons. The molecule has 7 N–H and O–H groups in total. The number of aromatic nitrogens is 2. The predicted octanol–water partition coefficient (Wildman–Crippen LogP) is 1.02. The lowest BCUT2D eigenvalue weighted by Crippen LogP contribution is -2.55. The number of hydrogen-bond acceptors (Lipinski definition) is 7. The maximum atomic E-state index is 13.1. The summed E-state index contributed by atoms with van der Waals surface area (Å²) < 4.78 is 0. The maximum absolute atomic E-state index is 13.1. The van der Waals surface area contributed by atoms with Crippen molar-refractivity contribution in [2.75, 3.05) is 64.3 Å². The quantitative estimate of drug-likeness (QED) is 0.300. The zero-order valence-electron chi connectivity index (χ0n) is 22.1. The Bertz CT molecular complexity index is 1190. The van der Waals surface area contributed by atoms with E-state index >= 15 is 0 Å². The first-order valence-electron chi connectivity index (χ1n) is 13.0. The molecular formula is C26H35ClN10O2. The first-order chi connectivity index (χ1) is 18.7. The van der Waals surface area contributed by atoms with Crippen LogP contribution >= 0.6 is 11.6 Å². The summed E-state index contributed by atoms with van der Waals surface area (Å²) >= 11 is 5.88. The number of amides is 3. The molecule has 0 bridgehead atoms. The highest BCUT2D eigenvalue weighted by molar-refractivity contribution is 6.31. The zero-order chi connectivity index (χ0) is 28.0. The van der Waals surface area contributed by atoms with Crippen LogP contribution < -0.4 is 22.5 Å². The highest BCUT2D eigenvalue weighted by Crippen LogP contribution is 2.36. The van der Waals surface area contributed by atoms with Crippen molar-refractivity contribution in [2.24, 2.45) is 16.1 Å². The van der Waals surface area contributed by atoms with E-state index in [9.17, 15) is 9.59 Å². The van der Waals surface area contributed by atoms with Crippen LogP contribution in [0.25, 0.3) is 0 Å². The largest absolute Gasteiger partial charge is 0.382 e. The lowest BCUT2D eigenvalue weighted by molar-refractivity contribution is 0.0803. The van der Waals surface area contributed by atoms with Gasteiger partial charge in [0.05, 0.1) is 0 Å². The molecule has 4 rings (SSSR count). The highest BCUT2D eigenvalue weighted by atomic mass is 35.5. The minimum absolute atomic E-state index is 0.0629. The molecule has 2 fully saturated rings. The van der Waals surface area contributed by atoms with Crippen molar-refractivity contribution in [3.8, 4) is 0 Å². The van der Waals surface area contributed by atoms with Gasteiger partial charge in [0.1, 0.15) is 0 Å². The van der Waals surface area contributed by atoms with E-state index in [1.165, 1.54) is 0 Å². The first-order valence-corrected chi connectivity index (χ1v) is 13.3. The number of aryl methyl sites for hydroxylation is 1. The standard InChI is InChI=1S/C26H35ClN10O2/c1-35-13-15-37(16-14-35)25(39)36-11-9-26(10-12-36,8-7-18-5-3-2-4-6-18)17-31-24(30)34-23(38)19-21(28)33-22(29)20(27)32-19/h3,5-6H,7-17H2,1H3,(H4,28,29,33)(H3,30,31,34,38). The van der Waals surface area contributed by atoms with Crippen LogP contribution in [-0.2, 0) is 6.42 Å². The summed E-state index contributed by atoms with van der Waals surface area (Å²) in [6.07, 6.45) is 3.28. The van der Waals surface area contributed by atoms with Crippen LogP contribution in [0.1, 0.15) is 35.3 Å². The molecule has 0 spiro atoms. The van der Waals surface area contributed by atoms with Crippen molar-refractivity contribution in [1.29, 1.82) is 0 Å². The Morgan fingerprint density at radius 3 is 2.44 bits per heavy atom. The second-order valence-electron chi connectivity index (χ2n) is 10.2. The molecule has 39 heavy (non-hydrogen) atoms. The molecule has 1 aromatic heterocycles. The maximum Gasteiger partial charge on any atom is 0.320 e. The van der Waals surface area contributed by atoms with Gasteiger partial charge in [-0.05, 0) is 55.8 Å². The number of anilines is 2. The van der Waals surface area contributed by atoms with Gasteiger partial charge in [0.25, 0.3) is 0 Å². The number of nitrogen functional groups attached to an aromatic ring is 2. The Morgan fingerprint density at radius 1 is 1.08 bits per heavy atom. The summed E-state index contributed by atoms with van der Waals surface area (Å²) in [7, 11) is 2.07. The molecule has 2 aliphatic heterocycles. The van der Waals surface area contributed by atoms with Crippen molar-refractivity contribution in [3.63, 3.8) is 0 Å². The summed E-state index contributed by atoms with van der Waals surface area (Å²) in [5, 5.41) is 2.98. The smallest absolute Gasteiger partial charge is 0.320 e. The van der Waals surface area contributed by atoms with Crippen molar-refractivity contribution in [1.82, 2.24) is 30.0 Å². The molecule has 208 valence electrons. The van der Waals surface area contributed by atoms with Crippen molar-refractivity contribution in [3.05, 3.63) is 46.7 Å². The predicted molar refractivity (Wildman–Crippen MR) is 150 cm³/mol. The third-order valence-corrected chi connectivity index (χ3v) is 7.79. The third kappa shape index (κ3) is 7.19. The monoisotopic (exact) mass is 554 g/mol. The van der Waals surface area contributed by atoms with Gasteiger partial charge in [-0.25, -0.2) is 14.8 Å². The molecular weight excluding hydrogens is 520 g/mol. The molecule has 0 unspecified atom stereocenters. The number of halogens is 1. The van der Waals surface area contributed by atoms with Gasteiger partial charge >= 0.3 is 11.9 Å². The molecule has 13 heteroatoms. The van der Waals surface area contributed by atoms with Crippen LogP contribution in [0.5, 0.6) is 0 Å². The number of piperidine rings is 1. The molecule has 12 nitrogen and oxygen atoms in total. The molecule has 0 saturated carbocycles. The van der Waals surface area contributed by atoms with E-state index in [2.05, 4.69) is 44.4 Å². The highest BCUT2D eigenvalue weighted by Gasteiger charge is 2.37. The number of likely N-dealkylation sites (tertiary alicyclic amines) is 1. The van der Waals surface area contributed by atoms with Gasteiger partial charge in [-0.15, -0.1) is 0 Å². The summed E-state index contributed by atoms with van der Waals surface area (Å²) in [6.45, 7) is 5.04. The normalized spacial score (nSPS) is 17.9. The van der Waals surface area contributed by atoms with Crippen LogP contribution in [0.3, 0.4) is 0 Å².